The van der Waals surface area contributed by atoms with Crippen molar-refractivity contribution in [2.24, 2.45) is 4.99 Å². The third-order valence-electron chi connectivity index (χ3n) is 5.68. The maximum Gasteiger partial charge on any atom is 0.293 e. The maximum atomic E-state index is 14.9. The second-order valence-corrected chi connectivity index (χ2v) is 8.38. The standard InChI is InChI=1S/C22H18Cl2FN5O3/c1-32-11-3-5-15(25)13(7-11)20-18-16(6-4-14(23)19(18)24)30-17(8-26-20)27-21(28-30)22(31)29-9-12(10-29)33-2/h3-7,12H,8-10H2,1-2H3. The summed E-state index contributed by atoms with van der Waals surface area (Å²) in [4.78, 5) is 23.4. The zero-order chi connectivity index (χ0) is 23.3. The molecule has 170 valence electrons. The number of hydrogen-bond acceptors (Lipinski definition) is 6. The predicted octanol–water partition coefficient (Wildman–Crippen LogP) is 3.54. The molecule has 0 unspecified atom stereocenters. The Kier molecular flexibility index (Phi) is 5.55. The molecule has 0 spiro atoms. The summed E-state index contributed by atoms with van der Waals surface area (Å²) < 4.78 is 26.8. The van der Waals surface area contributed by atoms with Crippen LogP contribution in [0.25, 0.3) is 5.69 Å². The minimum atomic E-state index is -0.495. The average Bonchev–Trinajstić information content (AvgIpc) is 3.14. The number of fused-ring (bicyclic) bond motifs is 3. The summed E-state index contributed by atoms with van der Waals surface area (Å²) in [6, 6.07) is 7.67. The van der Waals surface area contributed by atoms with Gasteiger partial charge < -0.3 is 14.4 Å². The van der Waals surface area contributed by atoms with E-state index in [0.29, 0.717) is 41.6 Å². The Balaban J connectivity index is 1.62. The number of aromatic nitrogens is 3. The molecule has 2 aromatic carbocycles. The van der Waals surface area contributed by atoms with Crippen molar-refractivity contribution in [3.63, 3.8) is 0 Å². The summed E-state index contributed by atoms with van der Waals surface area (Å²) in [6.45, 7) is 1.01. The third-order valence-corrected chi connectivity index (χ3v) is 6.48. The lowest BCUT2D eigenvalue weighted by atomic mass is 9.99. The van der Waals surface area contributed by atoms with Gasteiger partial charge in [-0.2, -0.15) is 0 Å². The number of aliphatic imine (C=N–C) groups is 1. The second-order valence-electron chi connectivity index (χ2n) is 7.60. The molecule has 0 bridgehead atoms. The van der Waals surface area contributed by atoms with Gasteiger partial charge in [-0.3, -0.25) is 9.79 Å². The summed E-state index contributed by atoms with van der Waals surface area (Å²) in [7, 11) is 3.10. The first-order chi connectivity index (χ1) is 15.9. The number of likely N-dealkylation sites (tertiary alicyclic amines) is 1. The van der Waals surface area contributed by atoms with E-state index in [2.05, 4.69) is 15.1 Å². The highest BCUT2D eigenvalue weighted by atomic mass is 35.5. The molecule has 0 N–H and O–H groups in total. The Labute approximate surface area is 198 Å². The lowest BCUT2D eigenvalue weighted by Gasteiger charge is -2.37. The Hall–Kier alpha value is -3.01. The van der Waals surface area contributed by atoms with Crippen molar-refractivity contribution in [2.75, 3.05) is 27.3 Å². The van der Waals surface area contributed by atoms with Crippen molar-refractivity contribution in [1.29, 1.82) is 0 Å². The second kappa shape index (κ2) is 8.40. The molecule has 0 atom stereocenters. The molecular weight excluding hydrogens is 472 g/mol. The van der Waals surface area contributed by atoms with Gasteiger partial charge in [-0.1, -0.05) is 23.2 Å². The highest BCUT2D eigenvalue weighted by molar-refractivity contribution is 6.45. The van der Waals surface area contributed by atoms with E-state index in [-0.39, 0.29) is 40.0 Å². The zero-order valence-corrected chi connectivity index (χ0v) is 19.2. The number of carbonyl (C=O) groups is 1. The summed E-state index contributed by atoms with van der Waals surface area (Å²) in [5, 5.41) is 4.91. The summed E-state index contributed by atoms with van der Waals surface area (Å²) in [5.41, 5.74) is 1.37. The van der Waals surface area contributed by atoms with Crippen LogP contribution in [0.15, 0.2) is 35.3 Å². The average molecular weight is 490 g/mol. The van der Waals surface area contributed by atoms with Crippen molar-refractivity contribution >= 4 is 34.8 Å². The number of benzene rings is 2. The SMILES string of the molecule is COc1ccc(F)c(C2=NCc3nc(C(=O)N4CC(OC)C4)nn3-c3ccc(Cl)c(Cl)c32)c1. The monoisotopic (exact) mass is 489 g/mol. The van der Waals surface area contributed by atoms with Gasteiger partial charge in [-0.05, 0) is 30.3 Å². The molecule has 2 aliphatic heterocycles. The van der Waals surface area contributed by atoms with Gasteiger partial charge in [0.1, 0.15) is 11.6 Å². The van der Waals surface area contributed by atoms with Gasteiger partial charge in [0.2, 0.25) is 5.82 Å². The molecule has 3 heterocycles. The highest BCUT2D eigenvalue weighted by Crippen LogP contribution is 2.36. The first-order valence-corrected chi connectivity index (χ1v) is 10.8. The number of nitrogens with zero attached hydrogens (tertiary/aromatic N) is 5. The Morgan fingerprint density at radius 1 is 1.18 bits per heavy atom. The topological polar surface area (TPSA) is 81.8 Å². The van der Waals surface area contributed by atoms with Gasteiger partial charge in [0.25, 0.3) is 5.91 Å². The van der Waals surface area contributed by atoms with Crippen LogP contribution in [0.5, 0.6) is 5.75 Å². The van der Waals surface area contributed by atoms with E-state index in [0.717, 1.165) is 0 Å². The van der Waals surface area contributed by atoms with Gasteiger partial charge in [0, 0.05) is 31.3 Å². The highest BCUT2D eigenvalue weighted by Gasteiger charge is 2.34. The van der Waals surface area contributed by atoms with Crippen molar-refractivity contribution in [3.8, 4) is 11.4 Å². The van der Waals surface area contributed by atoms with Crippen LogP contribution in [0.2, 0.25) is 10.0 Å². The normalized spacial score (nSPS) is 15.3. The minimum Gasteiger partial charge on any atom is -0.497 e. The molecule has 2 aliphatic rings. The van der Waals surface area contributed by atoms with Crippen LogP contribution in [-0.2, 0) is 11.3 Å². The van der Waals surface area contributed by atoms with E-state index < -0.39 is 5.82 Å². The molecule has 5 rings (SSSR count). The summed E-state index contributed by atoms with van der Waals surface area (Å²) in [5.74, 6) is 0.132. The third kappa shape index (κ3) is 3.66. The Morgan fingerprint density at radius 2 is 1.97 bits per heavy atom. The lowest BCUT2D eigenvalue weighted by Crippen LogP contribution is -2.54. The van der Waals surface area contributed by atoms with E-state index in [4.69, 9.17) is 32.7 Å². The van der Waals surface area contributed by atoms with Crippen LogP contribution < -0.4 is 4.74 Å². The predicted molar refractivity (Wildman–Crippen MR) is 120 cm³/mol. The molecule has 1 amide bonds. The summed E-state index contributed by atoms with van der Waals surface area (Å²) in [6.07, 6.45) is 0.0148. The van der Waals surface area contributed by atoms with E-state index >= 15 is 0 Å². The molecular formula is C22H18Cl2FN5O3. The number of ether oxygens (including phenoxy) is 2. The molecule has 3 aromatic rings. The lowest BCUT2D eigenvalue weighted by molar-refractivity contribution is -0.0197. The fourth-order valence-corrected chi connectivity index (χ4v) is 4.24. The minimum absolute atomic E-state index is 0.0148. The number of carbonyl (C=O) groups excluding carboxylic acids is 1. The molecule has 1 aromatic heterocycles. The van der Waals surface area contributed by atoms with Crippen molar-refractivity contribution < 1.29 is 18.7 Å². The zero-order valence-electron chi connectivity index (χ0n) is 17.7. The quantitative estimate of drug-likeness (QED) is 0.559. The van der Waals surface area contributed by atoms with Crippen LogP contribution in [0.3, 0.4) is 0 Å². The number of methoxy groups -OCH3 is 2. The Bertz CT molecular complexity index is 1300. The van der Waals surface area contributed by atoms with Crippen molar-refractivity contribution in [2.45, 2.75) is 12.6 Å². The number of amides is 1. The van der Waals surface area contributed by atoms with Crippen LogP contribution in [0, 0.1) is 5.82 Å². The maximum absolute atomic E-state index is 14.9. The molecule has 1 fully saturated rings. The first-order valence-electron chi connectivity index (χ1n) is 10.1. The van der Waals surface area contributed by atoms with Crippen molar-refractivity contribution in [3.05, 3.63) is 69.0 Å². The summed E-state index contributed by atoms with van der Waals surface area (Å²) >= 11 is 12.9. The van der Waals surface area contributed by atoms with Crippen LogP contribution in [-0.4, -0.2) is 64.7 Å². The molecule has 1 saturated heterocycles. The van der Waals surface area contributed by atoms with E-state index in [1.165, 1.54) is 23.9 Å². The molecule has 0 aliphatic carbocycles. The molecule has 11 heteroatoms. The smallest absolute Gasteiger partial charge is 0.293 e. The molecule has 0 radical (unpaired) electrons. The van der Waals surface area contributed by atoms with Crippen LogP contribution in [0.1, 0.15) is 27.6 Å². The van der Waals surface area contributed by atoms with E-state index in [9.17, 15) is 9.18 Å². The van der Waals surface area contributed by atoms with E-state index in [1.54, 1.807) is 30.2 Å². The van der Waals surface area contributed by atoms with E-state index in [1.807, 2.05) is 0 Å². The van der Waals surface area contributed by atoms with Gasteiger partial charge >= 0.3 is 0 Å². The fraction of sp³-hybridized carbons (Fsp3) is 0.273. The van der Waals surface area contributed by atoms with Gasteiger partial charge in [0.15, 0.2) is 5.82 Å². The number of rotatable bonds is 4. The number of halogens is 3. The molecule has 33 heavy (non-hydrogen) atoms. The van der Waals surface area contributed by atoms with Crippen molar-refractivity contribution in [1.82, 2.24) is 19.7 Å². The van der Waals surface area contributed by atoms with Crippen LogP contribution >= 0.6 is 23.2 Å². The number of hydrogen-bond donors (Lipinski definition) is 0. The fourth-order valence-electron chi connectivity index (χ4n) is 3.83. The molecule has 8 nitrogen and oxygen atoms in total. The van der Waals surface area contributed by atoms with Gasteiger partial charge in [0.05, 0.1) is 41.2 Å². The largest absolute Gasteiger partial charge is 0.497 e. The molecule has 0 saturated carbocycles. The van der Waals surface area contributed by atoms with Gasteiger partial charge in [-0.15, -0.1) is 5.10 Å². The Morgan fingerprint density at radius 3 is 2.70 bits per heavy atom. The first kappa shape index (κ1) is 21.8. The van der Waals surface area contributed by atoms with Gasteiger partial charge in [-0.25, -0.2) is 14.1 Å². The van der Waals surface area contributed by atoms with Crippen LogP contribution in [0.4, 0.5) is 4.39 Å².